The van der Waals surface area contributed by atoms with Gasteiger partial charge < -0.3 is 20.6 Å². The van der Waals surface area contributed by atoms with Crippen LogP contribution in [0.15, 0.2) is 5.38 Å². The van der Waals surface area contributed by atoms with Gasteiger partial charge in [0.2, 0.25) is 0 Å². The third kappa shape index (κ3) is 4.98. The summed E-state index contributed by atoms with van der Waals surface area (Å²) in [4.78, 5) is 28.6. The second-order valence-electron chi connectivity index (χ2n) is 5.27. The lowest BCUT2D eigenvalue weighted by atomic mass is 9.99. The Bertz CT molecular complexity index is 505. The molecule has 2 rings (SSSR count). The average molecular weight is 312 g/mol. The van der Waals surface area contributed by atoms with E-state index in [9.17, 15) is 9.59 Å². The zero-order valence-electron chi connectivity index (χ0n) is 12.0. The third-order valence-electron chi connectivity index (χ3n) is 3.44. The Morgan fingerprint density at radius 1 is 1.52 bits per heavy atom. The van der Waals surface area contributed by atoms with E-state index in [0.29, 0.717) is 17.5 Å². The molecule has 0 spiro atoms. The van der Waals surface area contributed by atoms with Crippen molar-refractivity contribution < 1.29 is 14.7 Å². The van der Waals surface area contributed by atoms with Crippen LogP contribution in [0.4, 0.5) is 4.79 Å². The summed E-state index contributed by atoms with van der Waals surface area (Å²) in [6.45, 7) is 3.04. The quantitative estimate of drug-likeness (QED) is 0.753. The summed E-state index contributed by atoms with van der Waals surface area (Å²) < 4.78 is 0. The zero-order valence-corrected chi connectivity index (χ0v) is 12.8. The number of urea groups is 1. The van der Waals surface area contributed by atoms with E-state index in [1.54, 1.807) is 0 Å². The molecule has 2 amide bonds. The Kier molecular flexibility index (Phi) is 5.51. The van der Waals surface area contributed by atoms with Crippen LogP contribution in [-0.2, 0) is 6.54 Å². The van der Waals surface area contributed by atoms with Crippen molar-refractivity contribution in [2.24, 2.45) is 5.92 Å². The maximum atomic E-state index is 11.7. The topological polar surface area (TPSA) is 94.6 Å². The van der Waals surface area contributed by atoms with Gasteiger partial charge in [-0.25, -0.2) is 14.6 Å². The number of hydrogen-bond donors (Lipinski definition) is 3. The molecule has 116 valence electrons. The van der Waals surface area contributed by atoms with E-state index in [1.165, 1.54) is 23.1 Å². The summed E-state index contributed by atoms with van der Waals surface area (Å²) >= 11 is 1.23. The van der Waals surface area contributed by atoms with Gasteiger partial charge in [-0.15, -0.1) is 11.3 Å². The van der Waals surface area contributed by atoms with Crippen molar-refractivity contribution in [3.05, 3.63) is 16.1 Å². The number of carbonyl (C=O) groups is 2. The molecule has 0 aromatic carbocycles. The molecule has 1 aliphatic heterocycles. The molecule has 1 saturated heterocycles. The molecule has 0 aliphatic carbocycles. The second kappa shape index (κ2) is 7.37. The molecule has 2 heterocycles. The molecule has 1 aliphatic rings. The number of nitrogens with zero attached hydrogens (tertiary/aromatic N) is 2. The Morgan fingerprint density at radius 3 is 3.00 bits per heavy atom. The standard InChI is InChI=1S/C13H20N4O3S/c1-17-4-2-3-9(7-17)5-14-13(20)15-6-11-16-10(8-21-11)12(18)19/h8-9H,2-7H2,1H3,(H,18,19)(H2,14,15,20). The van der Waals surface area contributed by atoms with Crippen molar-refractivity contribution in [2.75, 3.05) is 26.7 Å². The summed E-state index contributed by atoms with van der Waals surface area (Å²) in [5.41, 5.74) is 0.0162. The Labute approximate surface area is 127 Å². The van der Waals surface area contributed by atoms with Crippen LogP contribution in [0.2, 0.25) is 0 Å². The van der Waals surface area contributed by atoms with Gasteiger partial charge in [0.15, 0.2) is 5.69 Å². The van der Waals surface area contributed by atoms with Crippen LogP contribution in [0, 0.1) is 5.92 Å². The average Bonchev–Trinajstić information content (AvgIpc) is 2.92. The Balaban J connectivity index is 1.68. The highest BCUT2D eigenvalue weighted by Gasteiger charge is 2.17. The number of thiazole rings is 1. The maximum absolute atomic E-state index is 11.7. The summed E-state index contributed by atoms with van der Waals surface area (Å²) in [6, 6.07) is -0.240. The lowest BCUT2D eigenvalue weighted by molar-refractivity contribution is 0.0691. The predicted octanol–water partition coefficient (Wildman–Crippen LogP) is 0.982. The number of nitrogens with one attached hydrogen (secondary N) is 2. The van der Waals surface area contributed by atoms with Crippen molar-refractivity contribution in [1.82, 2.24) is 20.5 Å². The molecule has 0 saturated carbocycles. The van der Waals surface area contributed by atoms with E-state index in [4.69, 9.17) is 5.11 Å². The fourth-order valence-corrected chi connectivity index (χ4v) is 3.09. The van der Waals surface area contributed by atoms with Crippen LogP contribution >= 0.6 is 11.3 Å². The first kappa shape index (κ1) is 15.7. The lowest BCUT2D eigenvalue weighted by Gasteiger charge is -2.29. The molecule has 1 atom stereocenters. The van der Waals surface area contributed by atoms with Gasteiger partial charge in [-0.3, -0.25) is 0 Å². The molecule has 3 N–H and O–H groups in total. The molecule has 8 heteroatoms. The van der Waals surface area contributed by atoms with Gasteiger partial charge in [-0.05, 0) is 32.4 Å². The number of amides is 2. The molecule has 1 unspecified atom stereocenters. The van der Waals surface area contributed by atoms with Crippen LogP contribution in [0.1, 0.15) is 28.3 Å². The number of carboxylic acids is 1. The lowest BCUT2D eigenvalue weighted by Crippen LogP contribution is -2.42. The number of carboxylic acid groups (broad SMARTS) is 1. The van der Waals surface area contributed by atoms with Crippen molar-refractivity contribution >= 4 is 23.3 Å². The first-order chi connectivity index (χ1) is 10.0. The van der Waals surface area contributed by atoms with E-state index in [0.717, 1.165) is 19.5 Å². The van der Waals surface area contributed by atoms with E-state index in [1.807, 2.05) is 0 Å². The molecule has 0 bridgehead atoms. The molecule has 21 heavy (non-hydrogen) atoms. The van der Waals surface area contributed by atoms with Gasteiger partial charge >= 0.3 is 12.0 Å². The highest BCUT2D eigenvalue weighted by atomic mass is 32.1. The van der Waals surface area contributed by atoms with Crippen molar-refractivity contribution in [3.63, 3.8) is 0 Å². The van der Waals surface area contributed by atoms with Crippen LogP contribution in [0.3, 0.4) is 0 Å². The number of likely N-dealkylation sites (tertiary alicyclic amines) is 1. The number of aromatic nitrogens is 1. The minimum Gasteiger partial charge on any atom is -0.476 e. The minimum atomic E-state index is -1.05. The van der Waals surface area contributed by atoms with Crippen LogP contribution < -0.4 is 10.6 Å². The molecule has 1 fully saturated rings. The van der Waals surface area contributed by atoms with Crippen LogP contribution in [0.25, 0.3) is 0 Å². The molecular formula is C13H20N4O3S. The van der Waals surface area contributed by atoms with Gasteiger partial charge in [0.25, 0.3) is 0 Å². The smallest absolute Gasteiger partial charge is 0.355 e. The molecule has 1 aromatic rings. The van der Waals surface area contributed by atoms with E-state index in [2.05, 4.69) is 27.6 Å². The summed E-state index contributed by atoms with van der Waals surface area (Å²) in [6.07, 6.45) is 2.31. The fraction of sp³-hybridized carbons (Fsp3) is 0.615. The number of carbonyl (C=O) groups excluding carboxylic acids is 1. The molecule has 1 aromatic heterocycles. The minimum absolute atomic E-state index is 0.0162. The first-order valence-electron chi connectivity index (χ1n) is 6.92. The largest absolute Gasteiger partial charge is 0.476 e. The van der Waals surface area contributed by atoms with E-state index in [-0.39, 0.29) is 18.3 Å². The van der Waals surface area contributed by atoms with Gasteiger partial charge in [0.1, 0.15) is 5.01 Å². The third-order valence-corrected chi connectivity index (χ3v) is 4.29. The summed E-state index contributed by atoms with van der Waals surface area (Å²) in [5.74, 6) is -0.559. The van der Waals surface area contributed by atoms with Gasteiger partial charge in [-0.1, -0.05) is 0 Å². The number of piperidine rings is 1. The summed E-state index contributed by atoms with van der Waals surface area (Å²) in [5, 5.41) is 16.4. The first-order valence-corrected chi connectivity index (χ1v) is 7.80. The highest BCUT2D eigenvalue weighted by Crippen LogP contribution is 2.13. The summed E-state index contributed by atoms with van der Waals surface area (Å²) in [7, 11) is 2.09. The number of aromatic carboxylic acids is 1. The fourth-order valence-electron chi connectivity index (χ4n) is 2.39. The maximum Gasteiger partial charge on any atom is 0.355 e. The van der Waals surface area contributed by atoms with Crippen LogP contribution in [0.5, 0.6) is 0 Å². The van der Waals surface area contributed by atoms with Crippen molar-refractivity contribution in [1.29, 1.82) is 0 Å². The van der Waals surface area contributed by atoms with E-state index >= 15 is 0 Å². The number of hydrogen-bond acceptors (Lipinski definition) is 5. The van der Waals surface area contributed by atoms with Gasteiger partial charge in [0, 0.05) is 18.5 Å². The monoisotopic (exact) mass is 312 g/mol. The molecular weight excluding hydrogens is 292 g/mol. The highest BCUT2D eigenvalue weighted by molar-refractivity contribution is 7.09. The predicted molar refractivity (Wildman–Crippen MR) is 79.5 cm³/mol. The SMILES string of the molecule is CN1CCCC(CNC(=O)NCc2nc(C(=O)O)cs2)C1. The van der Waals surface area contributed by atoms with Crippen molar-refractivity contribution in [2.45, 2.75) is 19.4 Å². The molecule has 7 nitrogen and oxygen atoms in total. The van der Waals surface area contributed by atoms with Crippen molar-refractivity contribution in [3.8, 4) is 0 Å². The zero-order chi connectivity index (χ0) is 15.2. The Hall–Kier alpha value is -1.67. The normalized spacial score (nSPS) is 19.2. The molecule has 0 radical (unpaired) electrons. The second-order valence-corrected chi connectivity index (χ2v) is 6.21. The van der Waals surface area contributed by atoms with Gasteiger partial charge in [0.05, 0.1) is 6.54 Å². The van der Waals surface area contributed by atoms with E-state index < -0.39 is 5.97 Å². The number of rotatable bonds is 5. The van der Waals surface area contributed by atoms with Crippen LogP contribution in [-0.4, -0.2) is 53.7 Å². The Morgan fingerprint density at radius 2 is 2.33 bits per heavy atom. The van der Waals surface area contributed by atoms with Gasteiger partial charge in [-0.2, -0.15) is 0 Å².